The molecule has 0 aromatic heterocycles. The van der Waals surface area contributed by atoms with Crippen molar-refractivity contribution in [2.75, 3.05) is 39.4 Å². The maximum Gasteiger partial charge on any atom is 0.194 e. The zero-order valence-corrected chi connectivity index (χ0v) is 13.9. The van der Waals surface area contributed by atoms with Crippen LogP contribution in [0, 0.1) is 11.8 Å². The van der Waals surface area contributed by atoms with Crippen LogP contribution < -0.4 is 5.32 Å². The summed E-state index contributed by atoms with van der Waals surface area (Å²) in [6.07, 6.45) is 6.93. The van der Waals surface area contributed by atoms with E-state index < -0.39 is 5.60 Å². The summed E-state index contributed by atoms with van der Waals surface area (Å²) in [5.41, 5.74) is -0.675. The molecule has 2 aliphatic heterocycles. The van der Waals surface area contributed by atoms with Gasteiger partial charge in [0.1, 0.15) is 0 Å². The van der Waals surface area contributed by atoms with Crippen LogP contribution in [0.3, 0.4) is 0 Å². The van der Waals surface area contributed by atoms with Crippen molar-refractivity contribution in [1.82, 2.24) is 10.2 Å². The van der Waals surface area contributed by atoms with Crippen LogP contribution in [-0.4, -0.2) is 61.0 Å². The number of hydrogen-bond acceptors (Lipinski definition) is 3. The Labute approximate surface area is 134 Å². The summed E-state index contributed by atoms with van der Waals surface area (Å²) in [4.78, 5) is 7.20. The first-order valence-electron chi connectivity index (χ1n) is 9.03. The molecule has 126 valence electrons. The van der Waals surface area contributed by atoms with Gasteiger partial charge in [-0.05, 0) is 31.6 Å². The Bertz CT molecular complexity index is 379. The molecule has 0 spiro atoms. The van der Waals surface area contributed by atoms with Crippen LogP contribution in [0.4, 0.5) is 0 Å². The number of ether oxygens (including phenoxy) is 1. The SMILES string of the molecule is CCNC(=NCC1(O)CCOCC1)N1CC2CCCCC2C1. The second-order valence-corrected chi connectivity index (χ2v) is 7.22. The van der Waals surface area contributed by atoms with Gasteiger partial charge in [0.05, 0.1) is 12.1 Å². The third-order valence-corrected chi connectivity index (χ3v) is 5.56. The number of guanidine groups is 1. The maximum atomic E-state index is 10.6. The number of likely N-dealkylation sites (tertiary alicyclic amines) is 1. The number of hydrogen-bond donors (Lipinski definition) is 2. The number of nitrogens with one attached hydrogen (secondary N) is 1. The van der Waals surface area contributed by atoms with Crippen molar-refractivity contribution in [2.24, 2.45) is 16.8 Å². The van der Waals surface area contributed by atoms with E-state index in [1.165, 1.54) is 25.7 Å². The molecule has 0 aromatic rings. The molecule has 0 aromatic carbocycles. The minimum Gasteiger partial charge on any atom is -0.388 e. The topological polar surface area (TPSA) is 57.1 Å². The van der Waals surface area contributed by atoms with Crippen LogP contribution in [-0.2, 0) is 4.74 Å². The molecule has 2 saturated heterocycles. The summed E-state index contributed by atoms with van der Waals surface area (Å²) in [6, 6.07) is 0. The maximum absolute atomic E-state index is 10.6. The van der Waals surface area contributed by atoms with Crippen LogP contribution in [0.25, 0.3) is 0 Å². The quantitative estimate of drug-likeness (QED) is 0.614. The van der Waals surface area contributed by atoms with E-state index >= 15 is 0 Å². The zero-order valence-electron chi connectivity index (χ0n) is 13.9. The van der Waals surface area contributed by atoms with Crippen LogP contribution in [0.15, 0.2) is 4.99 Å². The van der Waals surface area contributed by atoms with Gasteiger partial charge in [0.2, 0.25) is 0 Å². The van der Waals surface area contributed by atoms with Gasteiger partial charge in [0.25, 0.3) is 0 Å². The van der Waals surface area contributed by atoms with Gasteiger partial charge in [-0.3, -0.25) is 4.99 Å². The molecular formula is C17H31N3O2. The summed E-state index contributed by atoms with van der Waals surface area (Å²) in [7, 11) is 0. The molecule has 2 unspecified atom stereocenters. The van der Waals surface area contributed by atoms with E-state index in [1.54, 1.807) is 0 Å². The lowest BCUT2D eigenvalue weighted by molar-refractivity contribution is -0.0566. The molecule has 1 saturated carbocycles. The Hall–Kier alpha value is -0.810. The third kappa shape index (κ3) is 3.74. The molecule has 3 aliphatic rings. The standard InChI is InChI=1S/C17H31N3O2/c1-2-18-16(19-13-17(21)7-9-22-10-8-17)20-11-14-5-3-4-6-15(14)12-20/h14-15,21H,2-13H2,1H3,(H,18,19). The molecule has 3 rings (SSSR count). The van der Waals surface area contributed by atoms with Crippen molar-refractivity contribution in [1.29, 1.82) is 0 Å². The Morgan fingerprint density at radius 1 is 1.23 bits per heavy atom. The number of nitrogens with zero attached hydrogens (tertiary/aromatic N) is 2. The molecule has 0 bridgehead atoms. The Kier molecular flexibility index (Phi) is 5.24. The fourth-order valence-electron chi connectivity index (χ4n) is 4.14. The van der Waals surface area contributed by atoms with E-state index in [-0.39, 0.29) is 0 Å². The molecule has 22 heavy (non-hydrogen) atoms. The fraction of sp³-hybridized carbons (Fsp3) is 0.941. The predicted molar refractivity (Wildman–Crippen MR) is 88.0 cm³/mol. The van der Waals surface area contributed by atoms with Crippen molar-refractivity contribution in [3.05, 3.63) is 0 Å². The minimum atomic E-state index is -0.675. The molecule has 0 amide bonds. The summed E-state index contributed by atoms with van der Waals surface area (Å²) < 4.78 is 5.35. The highest BCUT2D eigenvalue weighted by atomic mass is 16.5. The van der Waals surface area contributed by atoms with E-state index in [4.69, 9.17) is 9.73 Å². The van der Waals surface area contributed by atoms with Crippen LogP contribution in [0.5, 0.6) is 0 Å². The van der Waals surface area contributed by atoms with Crippen molar-refractivity contribution >= 4 is 5.96 Å². The Morgan fingerprint density at radius 2 is 1.86 bits per heavy atom. The molecule has 3 fully saturated rings. The Morgan fingerprint density at radius 3 is 2.45 bits per heavy atom. The van der Waals surface area contributed by atoms with Crippen LogP contribution in [0.2, 0.25) is 0 Å². The van der Waals surface area contributed by atoms with Crippen molar-refractivity contribution in [3.8, 4) is 0 Å². The van der Waals surface area contributed by atoms with Crippen molar-refractivity contribution in [2.45, 2.75) is 51.0 Å². The van der Waals surface area contributed by atoms with Crippen molar-refractivity contribution in [3.63, 3.8) is 0 Å². The molecule has 2 N–H and O–H groups in total. The summed E-state index contributed by atoms with van der Waals surface area (Å²) in [6.45, 7) is 7.06. The van der Waals surface area contributed by atoms with Gasteiger partial charge in [0, 0.05) is 45.7 Å². The normalized spacial score (nSPS) is 31.9. The lowest BCUT2D eigenvalue weighted by atomic mass is 9.82. The summed E-state index contributed by atoms with van der Waals surface area (Å²) in [5, 5.41) is 14.0. The highest BCUT2D eigenvalue weighted by Gasteiger charge is 2.36. The zero-order chi connectivity index (χ0) is 15.4. The van der Waals surface area contributed by atoms with Crippen LogP contribution >= 0.6 is 0 Å². The van der Waals surface area contributed by atoms with E-state index in [0.717, 1.165) is 37.4 Å². The van der Waals surface area contributed by atoms with Gasteiger partial charge in [-0.25, -0.2) is 0 Å². The first-order valence-corrected chi connectivity index (χ1v) is 9.03. The van der Waals surface area contributed by atoms with Gasteiger partial charge < -0.3 is 20.1 Å². The van der Waals surface area contributed by atoms with Gasteiger partial charge in [-0.15, -0.1) is 0 Å². The third-order valence-electron chi connectivity index (χ3n) is 5.56. The second kappa shape index (κ2) is 7.18. The lowest BCUT2D eigenvalue weighted by Crippen LogP contribution is -2.43. The van der Waals surface area contributed by atoms with E-state index in [2.05, 4.69) is 17.1 Å². The van der Waals surface area contributed by atoms with Gasteiger partial charge in [0.15, 0.2) is 5.96 Å². The number of fused-ring (bicyclic) bond motifs is 1. The molecule has 1 aliphatic carbocycles. The molecule has 5 nitrogen and oxygen atoms in total. The highest BCUT2D eigenvalue weighted by Crippen LogP contribution is 2.36. The fourth-order valence-corrected chi connectivity index (χ4v) is 4.14. The minimum absolute atomic E-state index is 0.491. The van der Waals surface area contributed by atoms with E-state index in [0.29, 0.717) is 32.6 Å². The molecule has 5 heteroatoms. The number of rotatable bonds is 3. The van der Waals surface area contributed by atoms with E-state index in [1.807, 2.05) is 0 Å². The highest BCUT2D eigenvalue weighted by molar-refractivity contribution is 5.80. The van der Waals surface area contributed by atoms with Gasteiger partial charge in [-0.2, -0.15) is 0 Å². The average Bonchev–Trinajstić information content (AvgIpc) is 2.96. The average molecular weight is 309 g/mol. The van der Waals surface area contributed by atoms with Gasteiger partial charge in [-0.1, -0.05) is 12.8 Å². The second-order valence-electron chi connectivity index (χ2n) is 7.22. The first kappa shape index (κ1) is 16.1. The number of aliphatic hydroxyl groups is 1. The Balaban J connectivity index is 1.63. The van der Waals surface area contributed by atoms with Gasteiger partial charge >= 0.3 is 0 Å². The molecule has 0 radical (unpaired) electrons. The summed E-state index contributed by atoms with van der Waals surface area (Å²) in [5.74, 6) is 2.70. The van der Waals surface area contributed by atoms with Crippen molar-refractivity contribution < 1.29 is 9.84 Å². The molecular weight excluding hydrogens is 278 g/mol. The lowest BCUT2D eigenvalue weighted by Gasteiger charge is -2.31. The number of aliphatic imine (C=N–C) groups is 1. The largest absolute Gasteiger partial charge is 0.388 e. The monoisotopic (exact) mass is 309 g/mol. The summed E-state index contributed by atoms with van der Waals surface area (Å²) >= 11 is 0. The molecule has 2 heterocycles. The predicted octanol–water partition coefficient (Wildman–Crippen LogP) is 1.62. The van der Waals surface area contributed by atoms with Crippen LogP contribution in [0.1, 0.15) is 45.4 Å². The first-order chi connectivity index (χ1) is 10.7. The molecule has 2 atom stereocenters. The van der Waals surface area contributed by atoms with E-state index in [9.17, 15) is 5.11 Å². The smallest absolute Gasteiger partial charge is 0.194 e.